The highest BCUT2D eigenvalue weighted by Crippen LogP contribution is 2.29. The molecule has 5 nitrogen and oxygen atoms in total. The SMILES string of the molecule is Cc1ccccc1CN(C)C(=O)CN1CCCc2c(C(N)=O)cccc21. The summed E-state index contributed by atoms with van der Waals surface area (Å²) in [6.07, 6.45) is 1.73. The predicted molar refractivity (Wildman–Crippen MR) is 103 cm³/mol. The smallest absolute Gasteiger partial charge is 0.249 e. The Balaban J connectivity index is 1.74. The molecule has 0 atom stereocenters. The van der Waals surface area contributed by atoms with Crippen molar-refractivity contribution in [3.63, 3.8) is 0 Å². The Kier molecular flexibility index (Phi) is 5.26. The lowest BCUT2D eigenvalue weighted by Gasteiger charge is -2.33. The fourth-order valence-electron chi connectivity index (χ4n) is 3.51. The Morgan fingerprint density at radius 2 is 1.92 bits per heavy atom. The summed E-state index contributed by atoms with van der Waals surface area (Å²) >= 11 is 0. The standard InChI is InChI=1S/C21H25N3O2/c1-15-7-3-4-8-16(15)13-23(2)20(25)14-24-12-6-10-17-18(21(22)26)9-5-11-19(17)24/h3-5,7-9,11H,6,10,12-14H2,1-2H3,(H2,22,26). The molecule has 26 heavy (non-hydrogen) atoms. The van der Waals surface area contributed by atoms with Gasteiger partial charge in [-0.05, 0) is 48.6 Å². The molecule has 0 bridgehead atoms. The van der Waals surface area contributed by atoms with Gasteiger partial charge >= 0.3 is 0 Å². The fraction of sp³-hybridized carbons (Fsp3) is 0.333. The molecule has 2 aromatic rings. The summed E-state index contributed by atoms with van der Waals surface area (Å²) in [7, 11) is 1.83. The summed E-state index contributed by atoms with van der Waals surface area (Å²) in [5, 5.41) is 0. The quantitative estimate of drug-likeness (QED) is 0.900. The average Bonchev–Trinajstić information content (AvgIpc) is 2.63. The van der Waals surface area contributed by atoms with Crippen LogP contribution in [0.3, 0.4) is 0 Å². The molecule has 136 valence electrons. The van der Waals surface area contributed by atoms with Crippen LogP contribution in [0.4, 0.5) is 5.69 Å². The highest BCUT2D eigenvalue weighted by atomic mass is 16.2. The van der Waals surface area contributed by atoms with Gasteiger partial charge in [0.1, 0.15) is 0 Å². The van der Waals surface area contributed by atoms with Gasteiger partial charge in [0.2, 0.25) is 11.8 Å². The zero-order chi connectivity index (χ0) is 18.7. The number of anilines is 1. The van der Waals surface area contributed by atoms with E-state index in [1.165, 1.54) is 5.56 Å². The van der Waals surface area contributed by atoms with E-state index in [2.05, 4.69) is 24.0 Å². The summed E-state index contributed by atoms with van der Waals surface area (Å²) in [5.74, 6) is -0.350. The second-order valence-electron chi connectivity index (χ2n) is 6.87. The molecule has 1 heterocycles. The second kappa shape index (κ2) is 7.60. The Hall–Kier alpha value is -2.82. The molecule has 0 aliphatic carbocycles. The first-order valence-electron chi connectivity index (χ1n) is 8.92. The molecular formula is C21H25N3O2. The van der Waals surface area contributed by atoms with E-state index in [9.17, 15) is 9.59 Å². The van der Waals surface area contributed by atoms with Crippen LogP contribution in [0.2, 0.25) is 0 Å². The minimum absolute atomic E-state index is 0.0607. The van der Waals surface area contributed by atoms with Crippen LogP contribution in [-0.2, 0) is 17.8 Å². The van der Waals surface area contributed by atoms with Crippen molar-refractivity contribution >= 4 is 17.5 Å². The van der Waals surface area contributed by atoms with Crippen molar-refractivity contribution in [2.75, 3.05) is 25.0 Å². The van der Waals surface area contributed by atoms with Crippen molar-refractivity contribution < 1.29 is 9.59 Å². The van der Waals surface area contributed by atoms with Crippen molar-refractivity contribution in [3.05, 3.63) is 64.7 Å². The highest BCUT2D eigenvalue weighted by molar-refractivity contribution is 5.96. The van der Waals surface area contributed by atoms with E-state index in [1.54, 1.807) is 11.0 Å². The molecule has 0 aromatic heterocycles. The number of carbonyl (C=O) groups excluding carboxylic acids is 2. The van der Waals surface area contributed by atoms with Gasteiger partial charge in [0, 0.05) is 31.4 Å². The monoisotopic (exact) mass is 351 g/mol. The molecule has 0 fully saturated rings. The molecule has 2 N–H and O–H groups in total. The molecular weight excluding hydrogens is 326 g/mol. The van der Waals surface area contributed by atoms with E-state index >= 15 is 0 Å². The molecule has 2 aromatic carbocycles. The maximum Gasteiger partial charge on any atom is 0.249 e. The number of fused-ring (bicyclic) bond motifs is 1. The first kappa shape index (κ1) is 18.0. The maximum atomic E-state index is 12.7. The number of aryl methyl sites for hydroxylation is 1. The topological polar surface area (TPSA) is 66.6 Å². The third-order valence-electron chi connectivity index (χ3n) is 5.03. The Bertz CT molecular complexity index is 832. The van der Waals surface area contributed by atoms with E-state index in [0.717, 1.165) is 36.2 Å². The zero-order valence-corrected chi connectivity index (χ0v) is 15.4. The molecule has 0 saturated heterocycles. The van der Waals surface area contributed by atoms with Crippen LogP contribution >= 0.6 is 0 Å². The molecule has 2 amide bonds. The van der Waals surface area contributed by atoms with Gasteiger partial charge in [-0.2, -0.15) is 0 Å². The lowest BCUT2D eigenvalue weighted by atomic mass is 9.96. The number of amides is 2. The van der Waals surface area contributed by atoms with Crippen molar-refractivity contribution in [2.45, 2.75) is 26.3 Å². The average molecular weight is 351 g/mol. The minimum atomic E-state index is -0.410. The number of primary amides is 1. The van der Waals surface area contributed by atoms with E-state index in [-0.39, 0.29) is 5.91 Å². The number of likely N-dealkylation sites (N-methyl/N-ethyl adjacent to an activating group) is 1. The zero-order valence-electron chi connectivity index (χ0n) is 15.4. The van der Waals surface area contributed by atoms with Crippen molar-refractivity contribution in [1.82, 2.24) is 4.90 Å². The molecule has 1 aliphatic heterocycles. The normalized spacial score (nSPS) is 13.2. The number of hydrogen-bond donors (Lipinski definition) is 1. The number of nitrogens with zero attached hydrogens (tertiary/aromatic N) is 2. The first-order chi connectivity index (χ1) is 12.5. The van der Waals surface area contributed by atoms with E-state index < -0.39 is 5.91 Å². The van der Waals surface area contributed by atoms with Crippen molar-refractivity contribution in [2.24, 2.45) is 5.73 Å². The highest BCUT2D eigenvalue weighted by Gasteiger charge is 2.23. The molecule has 3 rings (SSSR count). The third kappa shape index (κ3) is 3.72. The lowest BCUT2D eigenvalue weighted by molar-refractivity contribution is -0.129. The second-order valence-corrected chi connectivity index (χ2v) is 6.87. The van der Waals surface area contributed by atoms with Gasteiger partial charge < -0.3 is 15.5 Å². The van der Waals surface area contributed by atoms with Gasteiger partial charge in [-0.1, -0.05) is 30.3 Å². The van der Waals surface area contributed by atoms with Crippen LogP contribution in [0.25, 0.3) is 0 Å². The van der Waals surface area contributed by atoms with Gasteiger partial charge in [-0.15, -0.1) is 0 Å². The van der Waals surface area contributed by atoms with Crippen LogP contribution in [0, 0.1) is 6.92 Å². The minimum Gasteiger partial charge on any atom is -0.366 e. The van der Waals surface area contributed by atoms with Gasteiger partial charge in [-0.25, -0.2) is 0 Å². The van der Waals surface area contributed by atoms with Gasteiger partial charge in [0.15, 0.2) is 0 Å². The Morgan fingerprint density at radius 3 is 2.65 bits per heavy atom. The van der Waals surface area contributed by atoms with Gasteiger partial charge in [0.05, 0.1) is 6.54 Å². The number of hydrogen-bond acceptors (Lipinski definition) is 3. The van der Waals surface area contributed by atoms with Crippen molar-refractivity contribution in [1.29, 1.82) is 0 Å². The molecule has 0 spiro atoms. The number of nitrogens with two attached hydrogens (primary N) is 1. The summed E-state index contributed by atoms with van der Waals surface area (Å²) in [6, 6.07) is 13.7. The molecule has 0 saturated carbocycles. The Morgan fingerprint density at radius 1 is 1.15 bits per heavy atom. The van der Waals surface area contributed by atoms with Crippen molar-refractivity contribution in [3.8, 4) is 0 Å². The predicted octanol–water partition coefficient (Wildman–Crippen LogP) is 2.51. The van der Waals surface area contributed by atoms with E-state index in [1.807, 2.05) is 31.3 Å². The van der Waals surface area contributed by atoms with E-state index in [0.29, 0.717) is 18.7 Å². The summed E-state index contributed by atoms with van der Waals surface area (Å²) in [6.45, 7) is 3.75. The Labute approximate surface area is 154 Å². The molecule has 0 unspecified atom stereocenters. The van der Waals surface area contributed by atoms with Gasteiger partial charge in [0.25, 0.3) is 0 Å². The third-order valence-corrected chi connectivity index (χ3v) is 5.03. The largest absolute Gasteiger partial charge is 0.366 e. The maximum absolute atomic E-state index is 12.7. The fourth-order valence-corrected chi connectivity index (χ4v) is 3.51. The molecule has 0 radical (unpaired) electrons. The van der Waals surface area contributed by atoms with Crippen LogP contribution < -0.4 is 10.6 Å². The van der Waals surface area contributed by atoms with Crippen LogP contribution in [0.1, 0.15) is 33.5 Å². The summed E-state index contributed by atoms with van der Waals surface area (Å²) < 4.78 is 0. The van der Waals surface area contributed by atoms with Crippen LogP contribution in [-0.4, -0.2) is 36.9 Å². The summed E-state index contributed by atoms with van der Waals surface area (Å²) in [4.78, 5) is 28.2. The molecule has 1 aliphatic rings. The number of benzene rings is 2. The summed E-state index contributed by atoms with van der Waals surface area (Å²) in [5.41, 5.74) is 10.3. The number of carbonyl (C=O) groups is 2. The number of rotatable bonds is 5. The van der Waals surface area contributed by atoms with Gasteiger partial charge in [-0.3, -0.25) is 9.59 Å². The lowest BCUT2D eigenvalue weighted by Crippen LogP contribution is -2.41. The molecule has 5 heteroatoms. The first-order valence-corrected chi connectivity index (χ1v) is 8.92. The van der Waals surface area contributed by atoms with Crippen LogP contribution in [0.15, 0.2) is 42.5 Å². The van der Waals surface area contributed by atoms with Crippen LogP contribution in [0.5, 0.6) is 0 Å². The van der Waals surface area contributed by atoms with E-state index in [4.69, 9.17) is 5.73 Å².